The Morgan fingerprint density at radius 3 is 2.20 bits per heavy atom. The summed E-state index contributed by atoms with van der Waals surface area (Å²) >= 11 is 0. The summed E-state index contributed by atoms with van der Waals surface area (Å²) in [6.45, 7) is 0.464. The smallest absolute Gasteiger partial charge is 0.327 e. The summed E-state index contributed by atoms with van der Waals surface area (Å²) in [4.78, 5) is 11.9. The van der Waals surface area contributed by atoms with Gasteiger partial charge >= 0.3 is 5.69 Å². The van der Waals surface area contributed by atoms with Gasteiger partial charge < -0.3 is 9.67 Å². The van der Waals surface area contributed by atoms with E-state index in [2.05, 4.69) is 0 Å². The van der Waals surface area contributed by atoms with E-state index in [0.717, 1.165) is 17.8 Å². The molecule has 0 spiro atoms. The Morgan fingerprint density at radius 2 is 1.75 bits per heavy atom. The number of aliphatic hydroxyl groups excluding tert-OH is 1. The average Bonchev–Trinajstić information content (AvgIpc) is 2.69. The lowest BCUT2D eigenvalue weighted by molar-refractivity contribution is -0.124. The molecule has 4 aliphatic carbocycles. The fourth-order valence-electron chi connectivity index (χ4n) is 5.62. The van der Waals surface area contributed by atoms with E-state index < -0.39 is 0 Å². The second-order valence-corrected chi connectivity index (χ2v) is 7.64. The molecule has 4 bridgehead atoms. The zero-order valence-corrected chi connectivity index (χ0v) is 12.2. The highest BCUT2D eigenvalue weighted by Crippen LogP contribution is 2.61. The highest BCUT2D eigenvalue weighted by atomic mass is 16.3. The van der Waals surface area contributed by atoms with Gasteiger partial charge in [0, 0.05) is 19.4 Å². The predicted molar refractivity (Wildman–Crippen MR) is 76.3 cm³/mol. The average molecular weight is 276 g/mol. The molecule has 1 N–H and O–H groups in total. The van der Waals surface area contributed by atoms with E-state index in [1.165, 1.54) is 38.5 Å². The van der Waals surface area contributed by atoms with Crippen LogP contribution in [0, 0.1) is 23.2 Å². The Kier molecular flexibility index (Phi) is 2.69. The largest absolute Gasteiger partial charge is 0.391 e. The number of aryl methyl sites for hydroxylation is 1. The van der Waals surface area contributed by atoms with Gasteiger partial charge in [0.25, 0.3) is 0 Å². The van der Waals surface area contributed by atoms with E-state index >= 15 is 0 Å². The molecule has 1 aromatic heterocycles. The normalized spacial score (nSPS) is 40.2. The highest BCUT2D eigenvalue weighted by molar-refractivity contribution is 5.04. The Morgan fingerprint density at radius 1 is 1.20 bits per heavy atom. The van der Waals surface area contributed by atoms with Gasteiger partial charge in [0.05, 0.1) is 12.6 Å². The van der Waals surface area contributed by atoms with E-state index in [4.69, 9.17) is 0 Å². The molecule has 0 saturated heterocycles. The van der Waals surface area contributed by atoms with Crippen LogP contribution in [-0.4, -0.2) is 20.3 Å². The van der Waals surface area contributed by atoms with E-state index in [1.807, 2.05) is 0 Å². The van der Waals surface area contributed by atoms with E-state index in [0.29, 0.717) is 6.54 Å². The van der Waals surface area contributed by atoms with Gasteiger partial charge in [-0.05, 0) is 61.7 Å². The fourth-order valence-corrected chi connectivity index (χ4v) is 5.62. The molecular weight excluding hydrogens is 252 g/mol. The van der Waals surface area contributed by atoms with Crippen LogP contribution in [0.4, 0.5) is 0 Å². The molecule has 0 amide bonds. The molecule has 4 aliphatic rings. The van der Waals surface area contributed by atoms with Crippen molar-refractivity contribution >= 4 is 0 Å². The molecule has 1 heterocycles. The van der Waals surface area contributed by atoms with Gasteiger partial charge in [-0.2, -0.15) is 0 Å². The Hall–Kier alpha value is -1.03. The van der Waals surface area contributed by atoms with Gasteiger partial charge in [0.15, 0.2) is 0 Å². The lowest BCUT2D eigenvalue weighted by atomic mass is 9.48. The number of aliphatic hydroxyl groups is 1. The van der Waals surface area contributed by atoms with Crippen molar-refractivity contribution in [3.63, 3.8) is 0 Å². The molecule has 0 aromatic carbocycles. The third-order valence-electron chi connectivity index (χ3n) is 6.18. The monoisotopic (exact) mass is 276 g/mol. The molecule has 5 rings (SSSR count). The minimum Gasteiger partial charge on any atom is -0.391 e. The first-order chi connectivity index (χ1) is 9.56. The molecule has 4 nitrogen and oxygen atoms in total. The molecule has 0 radical (unpaired) electrons. The van der Waals surface area contributed by atoms with Crippen molar-refractivity contribution in [2.75, 3.05) is 0 Å². The lowest BCUT2D eigenvalue weighted by Gasteiger charge is -2.58. The van der Waals surface area contributed by atoms with Gasteiger partial charge in [-0.3, -0.25) is 4.57 Å². The van der Waals surface area contributed by atoms with Crippen molar-refractivity contribution in [3.05, 3.63) is 22.9 Å². The van der Waals surface area contributed by atoms with Crippen LogP contribution in [-0.2, 0) is 13.6 Å². The van der Waals surface area contributed by atoms with Gasteiger partial charge in [0.1, 0.15) is 0 Å². The van der Waals surface area contributed by atoms with Crippen molar-refractivity contribution in [1.29, 1.82) is 0 Å². The number of imidazole rings is 1. The summed E-state index contributed by atoms with van der Waals surface area (Å²) < 4.78 is 3.25. The predicted octanol–water partition coefficient (Wildman–Crippen LogP) is 1.76. The SMILES string of the molecule is Cn1ccn(CC(O)C23CC4CC(CC(C4)C2)C3)c1=O. The molecule has 1 aromatic rings. The van der Waals surface area contributed by atoms with Crippen LogP contribution >= 0.6 is 0 Å². The molecule has 20 heavy (non-hydrogen) atoms. The zero-order valence-electron chi connectivity index (χ0n) is 12.2. The molecule has 1 unspecified atom stereocenters. The van der Waals surface area contributed by atoms with Crippen molar-refractivity contribution in [2.45, 2.75) is 51.2 Å². The molecule has 4 saturated carbocycles. The molecule has 4 fully saturated rings. The summed E-state index contributed by atoms with van der Waals surface area (Å²) in [6.07, 6.45) is 10.9. The van der Waals surface area contributed by atoms with E-state index in [9.17, 15) is 9.90 Å². The maximum atomic E-state index is 11.9. The minimum absolute atomic E-state index is 0.0196. The Labute approximate surface area is 119 Å². The van der Waals surface area contributed by atoms with Crippen molar-refractivity contribution in [2.24, 2.45) is 30.2 Å². The van der Waals surface area contributed by atoms with Crippen molar-refractivity contribution in [1.82, 2.24) is 9.13 Å². The second kappa shape index (κ2) is 4.23. The maximum absolute atomic E-state index is 11.9. The number of nitrogens with zero attached hydrogens (tertiary/aromatic N) is 2. The zero-order chi connectivity index (χ0) is 13.9. The van der Waals surface area contributed by atoms with E-state index in [1.54, 1.807) is 28.6 Å². The molecular formula is C16H24N2O2. The van der Waals surface area contributed by atoms with Gasteiger partial charge in [-0.1, -0.05) is 0 Å². The number of hydrogen-bond acceptors (Lipinski definition) is 2. The first kappa shape index (κ1) is 12.7. The molecule has 1 atom stereocenters. The molecule has 110 valence electrons. The fraction of sp³-hybridized carbons (Fsp3) is 0.812. The quantitative estimate of drug-likeness (QED) is 0.914. The molecule has 0 aliphatic heterocycles. The van der Waals surface area contributed by atoms with Gasteiger partial charge in [-0.25, -0.2) is 4.79 Å². The maximum Gasteiger partial charge on any atom is 0.327 e. The van der Waals surface area contributed by atoms with E-state index in [-0.39, 0.29) is 17.2 Å². The van der Waals surface area contributed by atoms with Gasteiger partial charge in [0.2, 0.25) is 0 Å². The summed E-state index contributed by atoms with van der Waals surface area (Å²) in [6, 6.07) is 0. The topological polar surface area (TPSA) is 47.2 Å². The summed E-state index contributed by atoms with van der Waals surface area (Å²) in [5.74, 6) is 2.51. The Bertz CT molecular complexity index is 536. The summed E-state index contributed by atoms with van der Waals surface area (Å²) in [7, 11) is 1.76. The van der Waals surface area contributed by atoms with Crippen LogP contribution in [0.15, 0.2) is 17.2 Å². The van der Waals surface area contributed by atoms with Crippen molar-refractivity contribution < 1.29 is 5.11 Å². The second-order valence-electron chi connectivity index (χ2n) is 7.64. The summed E-state index contributed by atoms with van der Waals surface area (Å²) in [5, 5.41) is 10.8. The summed E-state index contributed by atoms with van der Waals surface area (Å²) in [5.41, 5.74) is 0.0816. The van der Waals surface area contributed by atoms with Crippen LogP contribution < -0.4 is 5.69 Å². The van der Waals surface area contributed by atoms with Crippen LogP contribution in [0.25, 0.3) is 0 Å². The third-order valence-corrected chi connectivity index (χ3v) is 6.18. The van der Waals surface area contributed by atoms with Crippen LogP contribution in [0.1, 0.15) is 38.5 Å². The number of rotatable bonds is 3. The van der Waals surface area contributed by atoms with Crippen molar-refractivity contribution in [3.8, 4) is 0 Å². The van der Waals surface area contributed by atoms with Crippen LogP contribution in [0.5, 0.6) is 0 Å². The van der Waals surface area contributed by atoms with Gasteiger partial charge in [-0.15, -0.1) is 0 Å². The highest BCUT2D eigenvalue weighted by Gasteiger charge is 2.53. The standard InChI is InChI=1S/C16H24N2O2/c1-17-2-3-18(15(17)20)10-14(19)16-7-11-4-12(8-16)6-13(5-11)9-16/h2-3,11-14,19H,4-10H2,1H3. The first-order valence-electron chi connectivity index (χ1n) is 7.95. The number of aromatic nitrogens is 2. The minimum atomic E-state index is -0.365. The number of hydrogen-bond donors (Lipinski definition) is 1. The molecule has 4 heteroatoms. The first-order valence-corrected chi connectivity index (χ1v) is 7.95. The van der Waals surface area contributed by atoms with Crippen LogP contribution in [0.2, 0.25) is 0 Å². The third kappa shape index (κ3) is 1.80. The van der Waals surface area contributed by atoms with Crippen LogP contribution in [0.3, 0.4) is 0 Å². The lowest BCUT2D eigenvalue weighted by Crippen LogP contribution is -2.53. The Balaban J connectivity index is 1.57.